The number of hydrogen-bond acceptors (Lipinski definition) is 6. The minimum atomic E-state index is 0.443. The van der Waals surface area contributed by atoms with Crippen molar-refractivity contribution in [1.29, 1.82) is 0 Å². The molecule has 6 heteroatoms. The fraction of sp³-hybridized carbons (Fsp3) is 0.296. The van der Waals surface area contributed by atoms with Crippen molar-refractivity contribution in [3.8, 4) is 28.7 Å². The van der Waals surface area contributed by atoms with E-state index in [4.69, 9.17) is 28.7 Å². The largest absolute Gasteiger partial charge is 0.493 e. The van der Waals surface area contributed by atoms with E-state index in [1.807, 2.05) is 54.6 Å². The predicted octanol–water partition coefficient (Wildman–Crippen LogP) is 4.89. The lowest BCUT2D eigenvalue weighted by Crippen LogP contribution is -2.17. The van der Waals surface area contributed by atoms with Gasteiger partial charge >= 0.3 is 0 Å². The zero-order chi connectivity index (χ0) is 23.2. The predicted molar refractivity (Wildman–Crippen MR) is 129 cm³/mol. The van der Waals surface area contributed by atoms with Crippen LogP contribution in [0.1, 0.15) is 22.3 Å². The molecule has 3 aromatic rings. The van der Waals surface area contributed by atoms with Crippen molar-refractivity contribution < 1.29 is 23.7 Å². The highest BCUT2D eigenvalue weighted by atomic mass is 16.5. The van der Waals surface area contributed by atoms with Gasteiger partial charge in [0.15, 0.2) is 23.0 Å². The molecular weight excluding hydrogens is 418 g/mol. The van der Waals surface area contributed by atoms with Gasteiger partial charge in [0.05, 0.1) is 28.4 Å². The lowest BCUT2D eigenvalue weighted by Gasteiger charge is -2.24. The summed E-state index contributed by atoms with van der Waals surface area (Å²) in [6.45, 7) is 1.13. The molecule has 1 aliphatic rings. The number of ether oxygens (including phenoxy) is 5. The van der Waals surface area contributed by atoms with Gasteiger partial charge in [-0.3, -0.25) is 4.99 Å². The number of methoxy groups -OCH3 is 4. The second-order valence-corrected chi connectivity index (χ2v) is 7.69. The summed E-state index contributed by atoms with van der Waals surface area (Å²) < 4.78 is 28.5. The van der Waals surface area contributed by atoms with Crippen LogP contribution in [0.5, 0.6) is 28.7 Å². The molecule has 0 spiro atoms. The van der Waals surface area contributed by atoms with Gasteiger partial charge in [0.25, 0.3) is 0 Å². The monoisotopic (exact) mass is 447 g/mol. The Balaban J connectivity index is 1.70. The molecule has 1 aliphatic heterocycles. The van der Waals surface area contributed by atoms with E-state index in [9.17, 15) is 0 Å². The van der Waals surface area contributed by atoms with E-state index in [1.165, 1.54) is 0 Å². The summed E-state index contributed by atoms with van der Waals surface area (Å²) in [6.07, 6.45) is 1.43. The molecule has 1 heterocycles. The average Bonchev–Trinajstić information content (AvgIpc) is 2.87. The average molecular weight is 448 g/mol. The van der Waals surface area contributed by atoms with Gasteiger partial charge in [-0.25, -0.2) is 0 Å². The Morgan fingerprint density at radius 1 is 0.727 bits per heavy atom. The molecule has 0 N–H and O–H groups in total. The zero-order valence-corrected chi connectivity index (χ0v) is 19.5. The Hall–Kier alpha value is -3.67. The Kier molecular flexibility index (Phi) is 7.03. The normalized spacial score (nSPS) is 12.4. The number of rotatable bonds is 9. The fourth-order valence-corrected chi connectivity index (χ4v) is 4.11. The van der Waals surface area contributed by atoms with Gasteiger partial charge in [-0.05, 0) is 35.7 Å². The van der Waals surface area contributed by atoms with Crippen molar-refractivity contribution in [2.45, 2.75) is 19.4 Å². The smallest absolute Gasteiger partial charge is 0.203 e. The number of fused-ring (bicyclic) bond motifs is 1. The highest BCUT2D eigenvalue weighted by Crippen LogP contribution is 2.44. The fourth-order valence-electron chi connectivity index (χ4n) is 4.11. The molecule has 0 fully saturated rings. The highest BCUT2D eigenvalue weighted by molar-refractivity contribution is 6.05. The van der Waals surface area contributed by atoms with E-state index in [0.29, 0.717) is 42.6 Å². The first kappa shape index (κ1) is 22.5. The lowest BCUT2D eigenvalue weighted by molar-refractivity contribution is 0.272. The molecule has 0 aromatic heterocycles. The van der Waals surface area contributed by atoms with Crippen LogP contribution in [0.25, 0.3) is 0 Å². The van der Waals surface area contributed by atoms with Gasteiger partial charge in [0.2, 0.25) is 5.75 Å². The van der Waals surface area contributed by atoms with Crippen LogP contribution < -0.4 is 23.7 Å². The van der Waals surface area contributed by atoms with Gasteiger partial charge in [-0.2, -0.15) is 0 Å². The third kappa shape index (κ3) is 4.75. The Labute approximate surface area is 194 Å². The molecule has 0 unspecified atom stereocenters. The van der Waals surface area contributed by atoms with Crippen LogP contribution in [0.15, 0.2) is 59.6 Å². The van der Waals surface area contributed by atoms with E-state index in [1.54, 1.807) is 28.4 Å². The molecule has 0 amide bonds. The van der Waals surface area contributed by atoms with Crippen LogP contribution in [-0.2, 0) is 19.4 Å². The van der Waals surface area contributed by atoms with Crippen molar-refractivity contribution in [2.75, 3.05) is 35.0 Å². The van der Waals surface area contributed by atoms with Crippen LogP contribution in [0.2, 0.25) is 0 Å². The molecule has 3 aromatic carbocycles. The molecule has 0 bridgehead atoms. The third-order valence-electron chi connectivity index (χ3n) is 5.75. The van der Waals surface area contributed by atoms with E-state index in [-0.39, 0.29) is 0 Å². The van der Waals surface area contributed by atoms with Crippen LogP contribution in [0, 0.1) is 0 Å². The summed E-state index contributed by atoms with van der Waals surface area (Å²) in [7, 11) is 6.55. The molecular formula is C27H29NO5. The van der Waals surface area contributed by atoms with Crippen LogP contribution in [0.3, 0.4) is 0 Å². The Bertz CT molecular complexity index is 1140. The summed E-state index contributed by atoms with van der Waals surface area (Å²) in [6, 6.07) is 18.0. The molecule has 0 saturated heterocycles. The minimum absolute atomic E-state index is 0.443. The second kappa shape index (κ2) is 10.3. The van der Waals surface area contributed by atoms with Crippen molar-refractivity contribution in [3.63, 3.8) is 0 Å². The molecule has 0 aliphatic carbocycles. The van der Waals surface area contributed by atoms with Crippen LogP contribution in [0.4, 0.5) is 0 Å². The Morgan fingerprint density at radius 3 is 2.18 bits per heavy atom. The molecule has 6 nitrogen and oxygen atoms in total. The molecule has 0 saturated carbocycles. The van der Waals surface area contributed by atoms with Crippen molar-refractivity contribution in [2.24, 2.45) is 4.99 Å². The summed E-state index contributed by atoms with van der Waals surface area (Å²) in [5.41, 5.74) is 5.27. The SMILES string of the molecule is COc1ccc(CC2=NCCc3c2cc(OC)c(OC)c3OCc2ccccc2)cc1OC. The van der Waals surface area contributed by atoms with Gasteiger partial charge in [0, 0.05) is 29.8 Å². The first-order valence-electron chi connectivity index (χ1n) is 10.9. The van der Waals surface area contributed by atoms with Crippen molar-refractivity contribution in [3.05, 3.63) is 76.9 Å². The van der Waals surface area contributed by atoms with E-state index >= 15 is 0 Å². The molecule has 33 heavy (non-hydrogen) atoms. The van der Waals surface area contributed by atoms with Crippen molar-refractivity contribution in [1.82, 2.24) is 0 Å². The zero-order valence-electron chi connectivity index (χ0n) is 19.5. The molecule has 4 rings (SSSR count). The van der Waals surface area contributed by atoms with Crippen LogP contribution >= 0.6 is 0 Å². The number of aliphatic imine (C=N–C) groups is 1. The standard InChI is InChI=1S/C27H29NO5/c1-29-23-11-10-19(15-24(23)30-2)14-22-21-16-25(31-3)27(32-4)26(20(21)12-13-28-22)33-17-18-8-6-5-7-9-18/h5-11,15-16H,12-14,17H2,1-4H3. The number of hydrogen-bond donors (Lipinski definition) is 0. The first-order chi connectivity index (χ1) is 16.2. The maximum Gasteiger partial charge on any atom is 0.203 e. The van der Waals surface area contributed by atoms with Gasteiger partial charge in [0.1, 0.15) is 6.61 Å². The van der Waals surface area contributed by atoms with Crippen molar-refractivity contribution >= 4 is 5.71 Å². The topological polar surface area (TPSA) is 58.5 Å². The van der Waals surface area contributed by atoms with Gasteiger partial charge < -0.3 is 23.7 Å². The molecule has 0 radical (unpaired) electrons. The third-order valence-corrected chi connectivity index (χ3v) is 5.75. The number of nitrogens with zero attached hydrogens (tertiary/aromatic N) is 1. The summed E-state index contributed by atoms with van der Waals surface area (Å²) in [5, 5.41) is 0. The van der Waals surface area contributed by atoms with E-state index in [2.05, 4.69) is 0 Å². The number of benzene rings is 3. The maximum absolute atomic E-state index is 6.32. The summed E-state index contributed by atoms with van der Waals surface area (Å²) in [4.78, 5) is 4.85. The van der Waals surface area contributed by atoms with Crippen LogP contribution in [-0.4, -0.2) is 40.7 Å². The first-order valence-corrected chi connectivity index (χ1v) is 10.9. The Morgan fingerprint density at radius 2 is 1.48 bits per heavy atom. The second-order valence-electron chi connectivity index (χ2n) is 7.69. The summed E-state index contributed by atoms with van der Waals surface area (Å²) >= 11 is 0. The quantitative estimate of drug-likeness (QED) is 0.468. The lowest BCUT2D eigenvalue weighted by atomic mass is 9.92. The minimum Gasteiger partial charge on any atom is -0.493 e. The summed E-state index contributed by atoms with van der Waals surface area (Å²) in [5.74, 6) is 3.36. The highest BCUT2D eigenvalue weighted by Gasteiger charge is 2.26. The van der Waals surface area contributed by atoms with Gasteiger partial charge in [-0.15, -0.1) is 0 Å². The maximum atomic E-state index is 6.32. The van der Waals surface area contributed by atoms with Gasteiger partial charge in [-0.1, -0.05) is 36.4 Å². The molecule has 172 valence electrons. The van der Waals surface area contributed by atoms with E-state index < -0.39 is 0 Å². The molecule has 0 atom stereocenters. The van der Waals surface area contributed by atoms with E-state index in [0.717, 1.165) is 40.1 Å².